The number of anilines is 1. The minimum Gasteiger partial charge on any atom is -0.357 e. The van der Waals surface area contributed by atoms with Gasteiger partial charge in [0, 0.05) is 24.8 Å². The first kappa shape index (κ1) is 12.1. The highest BCUT2D eigenvalue weighted by Gasteiger charge is 2.16. The summed E-state index contributed by atoms with van der Waals surface area (Å²) in [4.78, 5) is 11.0. The summed E-state index contributed by atoms with van der Waals surface area (Å²) in [5.41, 5.74) is 6.63. The Balaban J connectivity index is 1.89. The molecule has 1 fully saturated rings. The van der Waals surface area contributed by atoms with Gasteiger partial charge in [0.05, 0.1) is 6.04 Å². The van der Waals surface area contributed by atoms with Crippen LogP contribution in [0.5, 0.6) is 0 Å². The zero-order chi connectivity index (χ0) is 13.2. The van der Waals surface area contributed by atoms with Crippen LogP contribution in [0.4, 0.5) is 5.82 Å². The van der Waals surface area contributed by atoms with Crippen LogP contribution in [0.3, 0.4) is 0 Å². The van der Waals surface area contributed by atoms with Crippen molar-refractivity contribution in [1.82, 2.24) is 15.1 Å². The molecule has 0 saturated carbocycles. The predicted octanol–water partition coefficient (Wildman–Crippen LogP) is 1.75. The van der Waals surface area contributed by atoms with Gasteiger partial charge in [-0.25, -0.2) is 4.98 Å². The molecule has 2 aromatic heterocycles. The smallest absolute Gasteiger partial charge is 0.243 e. The van der Waals surface area contributed by atoms with E-state index in [1.165, 1.54) is 12.8 Å². The molecule has 0 aromatic carbocycles. The standard InChI is InChI=1S/C13H17N5O/c1-9(14)13-16-12(17-19-13)10-4-5-15-11(8-10)18-6-2-3-7-18/h4-5,8-9H,2-3,6-7,14H2,1H3. The maximum absolute atomic E-state index is 5.72. The lowest BCUT2D eigenvalue weighted by Crippen LogP contribution is -2.18. The van der Waals surface area contributed by atoms with E-state index >= 15 is 0 Å². The highest BCUT2D eigenvalue weighted by atomic mass is 16.5. The molecule has 0 radical (unpaired) electrons. The van der Waals surface area contributed by atoms with Gasteiger partial charge in [0.2, 0.25) is 11.7 Å². The first-order valence-electron chi connectivity index (χ1n) is 6.54. The predicted molar refractivity (Wildman–Crippen MR) is 71.6 cm³/mol. The molecule has 0 amide bonds. The molecule has 1 saturated heterocycles. The molecule has 1 aliphatic rings. The summed E-state index contributed by atoms with van der Waals surface area (Å²) < 4.78 is 5.13. The third kappa shape index (κ3) is 2.44. The molecule has 1 unspecified atom stereocenters. The van der Waals surface area contributed by atoms with Crippen LogP contribution in [-0.2, 0) is 0 Å². The minimum atomic E-state index is -0.249. The van der Waals surface area contributed by atoms with E-state index in [1.807, 2.05) is 19.1 Å². The Hall–Kier alpha value is -1.95. The Labute approximate surface area is 111 Å². The SMILES string of the molecule is CC(N)c1nc(-c2ccnc(N3CCCC3)c2)no1. The quantitative estimate of drug-likeness (QED) is 0.904. The lowest BCUT2D eigenvalue weighted by atomic mass is 10.2. The summed E-state index contributed by atoms with van der Waals surface area (Å²) in [6.45, 7) is 3.95. The fraction of sp³-hybridized carbons (Fsp3) is 0.462. The van der Waals surface area contributed by atoms with Crippen molar-refractivity contribution in [3.63, 3.8) is 0 Å². The molecule has 6 nitrogen and oxygen atoms in total. The van der Waals surface area contributed by atoms with Crippen molar-refractivity contribution in [2.24, 2.45) is 5.73 Å². The van der Waals surface area contributed by atoms with Gasteiger partial charge in [-0.2, -0.15) is 4.98 Å². The third-order valence-corrected chi connectivity index (χ3v) is 3.27. The molecule has 1 atom stereocenters. The fourth-order valence-electron chi connectivity index (χ4n) is 2.21. The number of hydrogen-bond donors (Lipinski definition) is 1. The van der Waals surface area contributed by atoms with E-state index in [1.54, 1.807) is 6.20 Å². The van der Waals surface area contributed by atoms with Crippen LogP contribution in [0.1, 0.15) is 31.7 Å². The molecule has 3 rings (SSSR count). The number of aromatic nitrogens is 3. The monoisotopic (exact) mass is 259 g/mol. The van der Waals surface area contributed by atoms with Crippen molar-refractivity contribution in [2.75, 3.05) is 18.0 Å². The van der Waals surface area contributed by atoms with Crippen LogP contribution < -0.4 is 10.6 Å². The largest absolute Gasteiger partial charge is 0.357 e. The number of hydrogen-bond acceptors (Lipinski definition) is 6. The van der Waals surface area contributed by atoms with Crippen LogP contribution in [0.15, 0.2) is 22.9 Å². The van der Waals surface area contributed by atoms with Gasteiger partial charge >= 0.3 is 0 Å². The van der Waals surface area contributed by atoms with Crippen molar-refractivity contribution in [1.29, 1.82) is 0 Å². The number of rotatable bonds is 3. The average Bonchev–Trinajstić information content (AvgIpc) is 3.10. The van der Waals surface area contributed by atoms with Crippen molar-refractivity contribution in [3.8, 4) is 11.4 Å². The van der Waals surface area contributed by atoms with Crippen LogP contribution in [0.25, 0.3) is 11.4 Å². The van der Waals surface area contributed by atoms with Crippen molar-refractivity contribution < 1.29 is 4.52 Å². The van der Waals surface area contributed by atoms with Gasteiger partial charge in [-0.15, -0.1) is 0 Å². The Morgan fingerprint density at radius 1 is 1.37 bits per heavy atom. The first-order valence-corrected chi connectivity index (χ1v) is 6.54. The molecular formula is C13H17N5O. The van der Waals surface area contributed by atoms with Gasteiger partial charge < -0.3 is 15.2 Å². The molecule has 2 aromatic rings. The van der Waals surface area contributed by atoms with Crippen molar-refractivity contribution in [2.45, 2.75) is 25.8 Å². The van der Waals surface area contributed by atoms with E-state index in [4.69, 9.17) is 10.3 Å². The molecule has 0 aliphatic carbocycles. The lowest BCUT2D eigenvalue weighted by molar-refractivity contribution is 0.362. The molecular weight excluding hydrogens is 242 g/mol. The highest BCUT2D eigenvalue weighted by molar-refractivity contribution is 5.59. The number of nitrogens with zero attached hydrogens (tertiary/aromatic N) is 4. The summed E-state index contributed by atoms with van der Waals surface area (Å²) in [7, 11) is 0. The van der Waals surface area contributed by atoms with Gasteiger partial charge in [-0.3, -0.25) is 0 Å². The first-order chi connectivity index (χ1) is 9.24. The summed E-state index contributed by atoms with van der Waals surface area (Å²) in [5, 5.41) is 3.96. The number of pyridine rings is 1. The van der Waals surface area contributed by atoms with Crippen molar-refractivity contribution in [3.05, 3.63) is 24.2 Å². The lowest BCUT2D eigenvalue weighted by Gasteiger charge is -2.16. The van der Waals surface area contributed by atoms with Crippen LogP contribution >= 0.6 is 0 Å². The maximum Gasteiger partial charge on any atom is 0.243 e. The summed E-state index contributed by atoms with van der Waals surface area (Å²) in [5.74, 6) is 1.99. The van der Waals surface area contributed by atoms with E-state index in [-0.39, 0.29) is 6.04 Å². The van der Waals surface area contributed by atoms with Crippen LogP contribution in [-0.4, -0.2) is 28.2 Å². The fourth-order valence-corrected chi connectivity index (χ4v) is 2.21. The summed E-state index contributed by atoms with van der Waals surface area (Å²) in [6.07, 6.45) is 4.23. The molecule has 100 valence electrons. The Bertz CT molecular complexity index is 560. The highest BCUT2D eigenvalue weighted by Crippen LogP contribution is 2.23. The zero-order valence-corrected chi connectivity index (χ0v) is 10.9. The Morgan fingerprint density at radius 2 is 2.16 bits per heavy atom. The molecule has 2 N–H and O–H groups in total. The van der Waals surface area contributed by atoms with E-state index in [2.05, 4.69) is 20.0 Å². The molecule has 1 aliphatic heterocycles. The van der Waals surface area contributed by atoms with Gasteiger partial charge in [0.1, 0.15) is 5.82 Å². The normalized spacial score (nSPS) is 16.8. The molecule has 3 heterocycles. The molecule has 19 heavy (non-hydrogen) atoms. The van der Waals surface area contributed by atoms with E-state index < -0.39 is 0 Å². The van der Waals surface area contributed by atoms with Gasteiger partial charge in [0.15, 0.2) is 0 Å². The Morgan fingerprint density at radius 3 is 2.84 bits per heavy atom. The van der Waals surface area contributed by atoms with E-state index in [9.17, 15) is 0 Å². The average molecular weight is 259 g/mol. The molecule has 0 spiro atoms. The second-order valence-corrected chi connectivity index (χ2v) is 4.84. The van der Waals surface area contributed by atoms with Gasteiger partial charge in [-0.05, 0) is 31.9 Å². The Kier molecular flexibility index (Phi) is 3.16. The van der Waals surface area contributed by atoms with Gasteiger partial charge in [0.25, 0.3) is 0 Å². The second kappa shape index (κ2) is 4.97. The summed E-state index contributed by atoms with van der Waals surface area (Å²) >= 11 is 0. The van der Waals surface area contributed by atoms with Crippen LogP contribution in [0.2, 0.25) is 0 Å². The topological polar surface area (TPSA) is 81.1 Å². The second-order valence-electron chi connectivity index (χ2n) is 4.84. The summed E-state index contributed by atoms with van der Waals surface area (Å²) in [6, 6.07) is 3.64. The zero-order valence-electron chi connectivity index (χ0n) is 10.9. The maximum atomic E-state index is 5.72. The minimum absolute atomic E-state index is 0.249. The van der Waals surface area contributed by atoms with Crippen LogP contribution in [0, 0.1) is 0 Å². The van der Waals surface area contributed by atoms with E-state index in [0.717, 1.165) is 24.5 Å². The van der Waals surface area contributed by atoms with Crippen molar-refractivity contribution >= 4 is 5.82 Å². The van der Waals surface area contributed by atoms with E-state index in [0.29, 0.717) is 11.7 Å². The number of nitrogens with two attached hydrogens (primary N) is 1. The molecule has 6 heteroatoms. The molecule has 0 bridgehead atoms. The third-order valence-electron chi connectivity index (χ3n) is 3.27. The van der Waals surface area contributed by atoms with Gasteiger partial charge in [-0.1, -0.05) is 5.16 Å².